The van der Waals surface area contributed by atoms with Gasteiger partial charge in [-0.3, -0.25) is 0 Å². The second kappa shape index (κ2) is 6.03. The summed E-state index contributed by atoms with van der Waals surface area (Å²) in [6.07, 6.45) is 5.30. The SMILES string of the molecule is CC1CCC(CNc2nnnn2-c2ccccc2)CC1. The molecule has 0 aliphatic heterocycles. The summed E-state index contributed by atoms with van der Waals surface area (Å²) in [6.45, 7) is 3.31. The summed E-state index contributed by atoms with van der Waals surface area (Å²) in [5.41, 5.74) is 0.984. The van der Waals surface area contributed by atoms with Crippen molar-refractivity contribution >= 4 is 5.95 Å². The smallest absolute Gasteiger partial charge is 0.247 e. The molecular formula is C15H21N5. The van der Waals surface area contributed by atoms with E-state index in [1.807, 2.05) is 30.3 Å². The minimum Gasteiger partial charge on any atom is -0.352 e. The van der Waals surface area contributed by atoms with Gasteiger partial charge in [0.25, 0.3) is 0 Å². The van der Waals surface area contributed by atoms with Crippen LogP contribution in [0.1, 0.15) is 32.6 Å². The van der Waals surface area contributed by atoms with Gasteiger partial charge in [-0.2, -0.15) is 4.68 Å². The lowest BCUT2D eigenvalue weighted by atomic mass is 9.83. The number of benzene rings is 1. The van der Waals surface area contributed by atoms with Crippen LogP contribution in [-0.2, 0) is 0 Å². The van der Waals surface area contributed by atoms with Crippen LogP contribution in [0, 0.1) is 11.8 Å². The quantitative estimate of drug-likeness (QED) is 0.929. The third-order valence-corrected chi connectivity index (χ3v) is 4.15. The van der Waals surface area contributed by atoms with Crippen LogP contribution in [0.25, 0.3) is 5.69 Å². The van der Waals surface area contributed by atoms with Crippen LogP contribution in [0.3, 0.4) is 0 Å². The number of hydrogen-bond acceptors (Lipinski definition) is 4. The highest BCUT2D eigenvalue weighted by molar-refractivity contribution is 5.38. The van der Waals surface area contributed by atoms with E-state index in [-0.39, 0.29) is 0 Å². The minimum atomic E-state index is 0.731. The zero-order valence-electron chi connectivity index (χ0n) is 11.9. The van der Waals surface area contributed by atoms with E-state index in [2.05, 4.69) is 27.8 Å². The number of rotatable bonds is 4. The van der Waals surface area contributed by atoms with Crippen LogP contribution < -0.4 is 5.32 Å². The molecule has 0 spiro atoms. The molecule has 1 aromatic heterocycles. The predicted molar refractivity (Wildman–Crippen MR) is 78.8 cm³/mol. The molecule has 1 saturated carbocycles. The Morgan fingerprint density at radius 1 is 1.15 bits per heavy atom. The predicted octanol–water partition coefficient (Wildman–Crippen LogP) is 2.90. The Hall–Kier alpha value is -1.91. The maximum Gasteiger partial charge on any atom is 0.247 e. The Bertz CT molecular complexity index is 528. The highest BCUT2D eigenvalue weighted by Crippen LogP contribution is 2.28. The van der Waals surface area contributed by atoms with Crippen LogP contribution in [0.4, 0.5) is 5.95 Å². The van der Waals surface area contributed by atoms with Gasteiger partial charge < -0.3 is 5.32 Å². The fraction of sp³-hybridized carbons (Fsp3) is 0.533. The average Bonchev–Trinajstić information content (AvgIpc) is 2.96. The molecule has 3 rings (SSSR count). The largest absolute Gasteiger partial charge is 0.352 e. The van der Waals surface area contributed by atoms with Crippen molar-refractivity contribution in [2.24, 2.45) is 11.8 Å². The molecule has 0 saturated heterocycles. The summed E-state index contributed by atoms with van der Waals surface area (Å²) >= 11 is 0. The van der Waals surface area contributed by atoms with Gasteiger partial charge in [-0.25, -0.2) is 0 Å². The van der Waals surface area contributed by atoms with Gasteiger partial charge in [0.05, 0.1) is 5.69 Å². The van der Waals surface area contributed by atoms with E-state index in [9.17, 15) is 0 Å². The molecule has 0 amide bonds. The molecule has 106 valence electrons. The summed E-state index contributed by atoms with van der Waals surface area (Å²) in [4.78, 5) is 0. The maximum absolute atomic E-state index is 4.08. The normalized spacial score (nSPS) is 22.6. The standard InChI is InChI=1S/C15H21N5/c1-12-7-9-13(10-8-12)11-16-15-17-18-19-20(15)14-5-3-2-4-6-14/h2-6,12-13H,7-11H2,1H3,(H,16,17,19). The van der Waals surface area contributed by atoms with Crippen molar-refractivity contribution in [1.82, 2.24) is 20.2 Å². The molecule has 0 unspecified atom stereocenters. The first-order valence-corrected chi connectivity index (χ1v) is 7.40. The second-order valence-electron chi connectivity index (χ2n) is 5.76. The van der Waals surface area contributed by atoms with Gasteiger partial charge in [0.15, 0.2) is 0 Å². The number of tetrazole rings is 1. The lowest BCUT2D eigenvalue weighted by Crippen LogP contribution is -2.21. The van der Waals surface area contributed by atoms with Crippen molar-refractivity contribution in [2.75, 3.05) is 11.9 Å². The number of anilines is 1. The number of hydrogen-bond donors (Lipinski definition) is 1. The van der Waals surface area contributed by atoms with E-state index < -0.39 is 0 Å². The maximum atomic E-state index is 4.08. The Morgan fingerprint density at radius 2 is 1.90 bits per heavy atom. The summed E-state index contributed by atoms with van der Waals surface area (Å²) in [5, 5.41) is 15.3. The third-order valence-electron chi connectivity index (χ3n) is 4.15. The molecular weight excluding hydrogens is 250 g/mol. The van der Waals surface area contributed by atoms with Crippen molar-refractivity contribution in [3.63, 3.8) is 0 Å². The fourth-order valence-corrected chi connectivity index (χ4v) is 2.81. The van der Waals surface area contributed by atoms with Crippen molar-refractivity contribution in [3.05, 3.63) is 30.3 Å². The van der Waals surface area contributed by atoms with Gasteiger partial charge in [0.2, 0.25) is 5.95 Å². The average molecular weight is 271 g/mol. The highest BCUT2D eigenvalue weighted by atomic mass is 15.6. The lowest BCUT2D eigenvalue weighted by molar-refractivity contribution is 0.300. The Kier molecular flexibility index (Phi) is 3.95. The van der Waals surface area contributed by atoms with Crippen molar-refractivity contribution < 1.29 is 0 Å². The number of aromatic nitrogens is 4. The molecule has 20 heavy (non-hydrogen) atoms. The molecule has 1 heterocycles. The van der Waals surface area contributed by atoms with Gasteiger partial charge in [0.1, 0.15) is 0 Å². The molecule has 2 aromatic rings. The van der Waals surface area contributed by atoms with Crippen LogP contribution in [0.2, 0.25) is 0 Å². The van der Waals surface area contributed by atoms with Crippen molar-refractivity contribution in [2.45, 2.75) is 32.6 Å². The van der Waals surface area contributed by atoms with Crippen LogP contribution in [-0.4, -0.2) is 26.8 Å². The van der Waals surface area contributed by atoms with E-state index in [1.165, 1.54) is 25.7 Å². The van der Waals surface area contributed by atoms with E-state index in [1.54, 1.807) is 4.68 Å². The van der Waals surface area contributed by atoms with Crippen LogP contribution in [0.15, 0.2) is 30.3 Å². The molecule has 1 aliphatic carbocycles. The highest BCUT2D eigenvalue weighted by Gasteiger charge is 2.18. The van der Waals surface area contributed by atoms with E-state index >= 15 is 0 Å². The van der Waals surface area contributed by atoms with Gasteiger partial charge in [-0.15, -0.1) is 0 Å². The molecule has 5 nitrogen and oxygen atoms in total. The Morgan fingerprint density at radius 3 is 2.65 bits per heavy atom. The second-order valence-corrected chi connectivity index (χ2v) is 5.76. The van der Waals surface area contributed by atoms with Gasteiger partial charge in [-0.05, 0) is 47.2 Å². The van der Waals surface area contributed by atoms with Crippen molar-refractivity contribution in [1.29, 1.82) is 0 Å². The molecule has 1 aliphatic rings. The molecule has 1 aromatic carbocycles. The number of para-hydroxylation sites is 1. The van der Waals surface area contributed by atoms with E-state index in [0.29, 0.717) is 0 Å². The fourth-order valence-electron chi connectivity index (χ4n) is 2.81. The monoisotopic (exact) mass is 271 g/mol. The zero-order valence-corrected chi connectivity index (χ0v) is 11.9. The topological polar surface area (TPSA) is 55.6 Å². The summed E-state index contributed by atoms with van der Waals surface area (Å²) in [7, 11) is 0. The first-order valence-electron chi connectivity index (χ1n) is 7.40. The minimum absolute atomic E-state index is 0.731. The molecule has 0 bridgehead atoms. The first kappa shape index (κ1) is 13.1. The first-order chi connectivity index (χ1) is 9.83. The van der Waals surface area contributed by atoms with Gasteiger partial charge in [-0.1, -0.05) is 43.1 Å². The van der Waals surface area contributed by atoms with Crippen LogP contribution in [0.5, 0.6) is 0 Å². The number of nitrogens with zero attached hydrogens (tertiary/aromatic N) is 4. The molecule has 0 radical (unpaired) electrons. The zero-order chi connectivity index (χ0) is 13.8. The summed E-state index contributed by atoms with van der Waals surface area (Å²) < 4.78 is 1.76. The molecule has 0 atom stereocenters. The molecule has 1 fully saturated rings. The van der Waals surface area contributed by atoms with Gasteiger partial charge in [0, 0.05) is 6.54 Å². The molecule has 5 heteroatoms. The summed E-state index contributed by atoms with van der Waals surface area (Å²) in [6, 6.07) is 9.98. The van der Waals surface area contributed by atoms with Crippen molar-refractivity contribution in [3.8, 4) is 5.69 Å². The van der Waals surface area contributed by atoms with E-state index in [0.717, 1.165) is 30.0 Å². The molecule has 1 N–H and O–H groups in total. The van der Waals surface area contributed by atoms with Gasteiger partial charge >= 0.3 is 0 Å². The lowest BCUT2D eigenvalue weighted by Gasteiger charge is -2.26. The van der Waals surface area contributed by atoms with E-state index in [4.69, 9.17) is 0 Å². The third kappa shape index (κ3) is 2.98. The Balaban J connectivity index is 1.63. The number of nitrogens with one attached hydrogen (secondary N) is 1. The Labute approximate surface area is 119 Å². The van der Waals surface area contributed by atoms with Crippen LogP contribution >= 0.6 is 0 Å². The summed E-state index contributed by atoms with van der Waals surface area (Å²) in [5.74, 6) is 2.36.